The Bertz CT molecular complexity index is 787. The molecule has 1 heterocycles. The summed E-state index contributed by atoms with van der Waals surface area (Å²) >= 11 is 2.74. The van der Waals surface area contributed by atoms with Crippen LogP contribution in [0.2, 0.25) is 0 Å². The van der Waals surface area contributed by atoms with Gasteiger partial charge in [-0.05, 0) is 45.2 Å². The van der Waals surface area contributed by atoms with Crippen LogP contribution in [-0.2, 0) is 22.4 Å². The monoisotopic (exact) mass is 502 g/mol. The highest BCUT2D eigenvalue weighted by atomic mass is 32.2. The van der Waals surface area contributed by atoms with Crippen LogP contribution in [0.3, 0.4) is 0 Å². The number of carboxylic acids is 1. The molecule has 0 radical (unpaired) electrons. The molecule has 2 N–H and O–H groups in total. The minimum Gasteiger partial charge on any atom is -0.616 e. The van der Waals surface area contributed by atoms with Crippen molar-refractivity contribution in [3.63, 3.8) is 0 Å². The first-order valence-electron chi connectivity index (χ1n) is 11.0. The number of rotatable bonds is 14. The summed E-state index contributed by atoms with van der Waals surface area (Å²) in [4.78, 5) is 22.4. The predicted octanol–water partition coefficient (Wildman–Crippen LogP) is 4.88. The molecule has 180 valence electrons. The SMILES string of the molecule is CCCc1c(OCCC[S+]([O-])CC2CSC(C)(CCCC(=O)O)S2)ccc(C(C)=O)c1O. The van der Waals surface area contributed by atoms with Crippen molar-refractivity contribution >= 4 is 46.5 Å². The van der Waals surface area contributed by atoms with Crippen LogP contribution in [0.15, 0.2) is 12.1 Å². The van der Waals surface area contributed by atoms with Crippen LogP contribution in [0.1, 0.15) is 68.8 Å². The Kier molecular flexibility index (Phi) is 11.1. The van der Waals surface area contributed by atoms with Crippen LogP contribution in [0.4, 0.5) is 0 Å². The zero-order chi connectivity index (χ0) is 23.7. The summed E-state index contributed by atoms with van der Waals surface area (Å²) in [5.41, 5.74) is 0.965. The Balaban J connectivity index is 1.76. The molecule has 3 atom stereocenters. The second kappa shape index (κ2) is 13.0. The topological polar surface area (TPSA) is 107 Å². The van der Waals surface area contributed by atoms with Gasteiger partial charge in [-0.1, -0.05) is 24.5 Å². The third kappa shape index (κ3) is 8.39. The number of hydrogen-bond donors (Lipinski definition) is 2. The van der Waals surface area contributed by atoms with E-state index >= 15 is 0 Å². The summed E-state index contributed by atoms with van der Waals surface area (Å²) < 4.78 is 18.4. The van der Waals surface area contributed by atoms with Gasteiger partial charge in [-0.25, -0.2) is 0 Å². The average Bonchev–Trinajstić information content (AvgIpc) is 3.07. The largest absolute Gasteiger partial charge is 0.616 e. The van der Waals surface area contributed by atoms with E-state index in [0.29, 0.717) is 59.5 Å². The lowest BCUT2D eigenvalue weighted by Crippen LogP contribution is -2.23. The first-order chi connectivity index (χ1) is 15.1. The number of aliphatic carboxylic acids is 1. The molecule has 0 aromatic heterocycles. The van der Waals surface area contributed by atoms with Gasteiger partial charge in [0.2, 0.25) is 0 Å². The maximum atomic E-state index is 12.5. The Hall–Kier alpha value is -1.03. The molecule has 1 aliphatic heterocycles. The van der Waals surface area contributed by atoms with E-state index in [0.717, 1.165) is 18.6 Å². The number of carboxylic acid groups (broad SMARTS) is 1. The van der Waals surface area contributed by atoms with Crippen molar-refractivity contribution in [2.75, 3.05) is 23.9 Å². The second-order valence-electron chi connectivity index (χ2n) is 8.19. The van der Waals surface area contributed by atoms with Crippen molar-refractivity contribution in [2.24, 2.45) is 0 Å². The van der Waals surface area contributed by atoms with Gasteiger partial charge in [0.25, 0.3) is 0 Å². The molecule has 1 aromatic rings. The van der Waals surface area contributed by atoms with Crippen LogP contribution in [-0.4, -0.2) is 59.7 Å². The fraction of sp³-hybridized carbons (Fsp3) is 0.652. The molecule has 6 nitrogen and oxygen atoms in total. The molecule has 0 bridgehead atoms. The van der Waals surface area contributed by atoms with E-state index in [4.69, 9.17) is 9.84 Å². The van der Waals surface area contributed by atoms with Crippen LogP contribution in [0.25, 0.3) is 0 Å². The minimum atomic E-state index is -0.939. The lowest BCUT2D eigenvalue weighted by molar-refractivity contribution is -0.137. The van der Waals surface area contributed by atoms with E-state index in [1.807, 2.05) is 30.4 Å². The van der Waals surface area contributed by atoms with Gasteiger partial charge in [-0.3, -0.25) is 9.59 Å². The number of aromatic hydroxyl groups is 1. The van der Waals surface area contributed by atoms with Gasteiger partial charge >= 0.3 is 5.97 Å². The van der Waals surface area contributed by atoms with Gasteiger partial charge in [-0.2, -0.15) is 0 Å². The van der Waals surface area contributed by atoms with Crippen molar-refractivity contribution in [3.05, 3.63) is 23.3 Å². The van der Waals surface area contributed by atoms with Crippen molar-refractivity contribution < 1.29 is 29.1 Å². The van der Waals surface area contributed by atoms with Gasteiger partial charge in [0.1, 0.15) is 23.0 Å². The smallest absolute Gasteiger partial charge is 0.303 e. The van der Waals surface area contributed by atoms with Crippen molar-refractivity contribution in [1.29, 1.82) is 0 Å². The molecule has 3 unspecified atom stereocenters. The molecular formula is C23H34O6S3. The van der Waals surface area contributed by atoms with Crippen LogP contribution >= 0.6 is 23.5 Å². The van der Waals surface area contributed by atoms with Gasteiger partial charge < -0.3 is 19.5 Å². The molecule has 32 heavy (non-hydrogen) atoms. The third-order valence-electron chi connectivity index (χ3n) is 5.28. The highest BCUT2D eigenvalue weighted by molar-refractivity contribution is 8.21. The molecule has 9 heteroatoms. The number of benzene rings is 1. The standard InChI is InChI=1S/C23H34O6S3/c1-4-7-19-20(10-9-18(16(2)24)22(19)27)29-12-6-13-32(28)15-17-14-30-23(3,31-17)11-5-8-21(25)26/h9-10,17,27H,4-8,11-15H2,1-3H3,(H,25,26). The number of phenolic OH excluding ortho intramolecular Hbond substituents is 1. The van der Waals surface area contributed by atoms with Crippen molar-refractivity contribution in [2.45, 2.75) is 68.6 Å². The van der Waals surface area contributed by atoms with Gasteiger partial charge in [0.15, 0.2) is 5.78 Å². The molecule has 1 saturated heterocycles. The van der Waals surface area contributed by atoms with Crippen LogP contribution in [0.5, 0.6) is 11.5 Å². The molecule has 1 aliphatic rings. The summed E-state index contributed by atoms with van der Waals surface area (Å²) in [5.74, 6) is 1.79. The van der Waals surface area contributed by atoms with E-state index in [2.05, 4.69) is 6.92 Å². The summed E-state index contributed by atoms with van der Waals surface area (Å²) in [5, 5.41) is 19.6. The van der Waals surface area contributed by atoms with Gasteiger partial charge in [0, 0.05) is 24.2 Å². The summed E-state index contributed by atoms with van der Waals surface area (Å²) in [7, 11) is 0. The number of ketones is 1. The number of ether oxygens (including phenoxy) is 1. The predicted molar refractivity (Wildman–Crippen MR) is 134 cm³/mol. The number of carbonyl (C=O) groups excluding carboxylic acids is 1. The summed E-state index contributed by atoms with van der Waals surface area (Å²) in [6.45, 7) is 5.99. The summed E-state index contributed by atoms with van der Waals surface area (Å²) in [6.07, 6.45) is 3.80. The number of carbonyl (C=O) groups is 2. The van der Waals surface area contributed by atoms with Crippen molar-refractivity contribution in [3.8, 4) is 11.5 Å². The lowest BCUT2D eigenvalue weighted by atomic mass is 10.0. The molecule has 0 spiro atoms. The maximum absolute atomic E-state index is 12.5. The highest BCUT2D eigenvalue weighted by Crippen LogP contribution is 2.51. The van der Waals surface area contributed by atoms with Gasteiger partial charge in [-0.15, -0.1) is 23.5 Å². The fourth-order valence-electron chi connectivity index (χ4n) is 3.69. The average molecular weight is 503 g/mol. The Morgan fingerprint density at radius 3 is 2.75 bits per heavy atom. The maximum Gasteiger partial charge on any atom is 0.303 e. The fourth-order valence-corrected chi connectivity index (χ4v) is 8.97. The highest BCUT2D eigenvalue weighted by Gasteiger charge is 2.38. The zero-order valence-electron chi connectivity index (χ0n) is 19.1. The molecule has 1 fully saturated rings. The van der Waals surface area contributed by atoms with E-state index in [-0.39, 0.29) is 22.0 Å². The van der Waals surface area contributed by atoms with Crippen molar-refractivity contribution in [1.82, 2.24) is 0 Å². The molecular weight excluding hydrogens is 468 g/mol. The first-order valence-corrected chi connectivity index (χ1v) is 14.4. The first kappa shape index (κ1) is 27.2. The lowest BCUT2D eigenvalue weighted by Gasteiger charge is -2.22. The minimum absolute atomic E-state index is 0.00240. The second-order valence-corrected chi connectivity index (χ2v) is 13.4. The molecule has 0 amide bonds. The number of thioether (sulfide) groups is 2. The van der Waals surface area contributed by atoms with E-state index in [1.54, 1.807) is 12.1 Å². The number of Topliss-reactive ketones (excluding diaryl/α,β-unsaturated/α-hetero) is 1. The van der Waals surface area contributed by atoms with Crippen LogP contribution < -0.4 is 4.74 Å². The molecule has 0 aliphatic carbocycles. The van der Waals surface area contributed by atoms with E-state index in [1.165, 1.54) is 6.92 Å². The summed E-state index contributed by atoms with van der Waals surface area (Å²) in [6, 6.07) is 3.32. The normalized spacial score (nSPS) is 21.4. The zero-order valence-corrected chi connectivity index (χ0v) is 21.5. The molecule has 1 aromatic carbocycles. The third-order valence-corrected chi connectivity index (χ3v) is 10.6. The number of hydrogen-bond acceptors (Lipinski definition) is 7. The van der Waals surface area contributed by atoms with Crippen LogP contribution in [0, 0.1) is 0 Å². The quantitative estimate of drug-likeness (QED) is 0.210. The number of phenols is 1. The van der Waals surface area contributed by atoms with Gasteiger partial charge in [0.05, 0.1) is 21.5 Å². The molecule has 2 rings (SSSR count). The molecule has 0 saturated carbocycles. The Labute approximate surface area is 202 Å². The van der Waals surface area contributed by atoms with E-state index < -0.39 is 17.1 Å². The Morgan fingerprint density at radius 2 is 2.09 bits per heavy atom. The Morgan fingerprint density at radius 1 is 1.34 bits per heavy atom. The van der Waals surface area contributed by atoms with E-state index in [9.17, 15) is 19.2 Å².